The van der Waals surface area contributed by atoms with Crippen LogP contribution in [0.3, 0.4) is 0 Å². The van der Waals surface area contributed by atoms with Crippen LogP contribution in [-0.4, -0.2) is 18.1 Å². The normalized spacial score (nSPS) is 10.2. The minimum absolute atomic E-state index is 0.0439. The van der Waals surface area contributed by atoms with Crippen molar-refractivity contribution in [1.82, 2.24) is 5.32 Å². The average Bonchev–Trinajstić information content (AvgIpc) is 2.47. The predicted molar refractivity (Wildman–Crippen MR) is 81.4 cm³/mol. The fourth-order valence-corrected chi connectivity index (χ4v) is 2.04. The smallest absolute Gasteiger partial charge is 0.255 e. The number of anilines is 1. The number of nitrogens with two attached hydrogens (primary N) is 1. The molecular formula is C16H18N2O3. The Bertz CT molecular complexity index is 669. The molecule has 0 saturated heterocycles. The molecule has 0 radical (unpaired) electrons. The van der Waals surface area contributed by atoms with Crippen molar-refractivity contribution in [2.75, 3.05) is 12.8 Å². The average molecular weight is 286 g/mol. The highest BCUT2D eigenvalue weighted by Gasteiger charge is 2.12. The maximum atomic E-state index is 12.1. The zero-order chi connectivity index (χ0) is 15.4. The van der Waals surface area contributed by atoms with E-state index in [1.165, 1.54) is 6.07 Å². The molecule has 110 valence electrons. The van der Waals surface area contributed by atoms with Gasteiger partial charge in [-0.05, 0) is 37.3 Å². The number of aryl methyl sites for hydroxylation is 1. The third kappa shape index (κ3) is 3.45. The minimum atomic E-state index is -0.347. The van der Waals surface area contributed by atoms with E-state index >= 15 is 0 Å². The fourth-order valence-electron chi connectivity index (χ4n) is 2.04. The molecule has 2 rings (SSSR count). The molecule has 0 unspecified atom stereocenters. The summed E-state index contributed by atoms with van der Waals surface area (Å²) < 4.78 is 5.22. The molecule has 5 nitrogen and oxygen atoms in total. The maximum absolute atomic E-state index is 12.1. The largest absolute Gasteiger partial charge is 0.507 e. The topological polar surface area (TPSA) is 84.6 Å². The molecule has 1 amide bonds. The van der Waals surface area contributed by atoms with Gasteiger partial charge in [0.2, 0.25) is 0 Å². The Balaban J connectivity index is 2.14. The molecule has 2 aromatic rings. The lowest BCUT2D eigenvalue weighted by molar-refractivity contribution is 0.0948. The molecule has 0 saturated carbocycles. The molecule has 21 heavy (non-hydrogen) atoms. The fraction of sp³-hybridized carbons (Fsp3) is 0.188. The molecule has 0 bridgehead atoms. The second-order valence-electron chi connectivity index (χ2n) is 4.77. The van der Waals surface area contributed by atoms with Crippen molar-refractivity contribution in [3.63, 3.8) is 0 Å². The summed E-state index contributed by atoms with van der Waals surface area (Å²) in [5.74, 6) is 0.260. The number of hydrogen-bond acceptors (Lipinski definition) is 4. The van der Waals surface area contributed by atoms with Crippen molar-refractivity contribution in [1.29, 1.82) is 0 Å². The Morgan fingerprint density at radius 1 is 1.29 bits per heavy atom. The van der Waals surface area contributed by atoms with Crippen molar-refractivity contribution < 1.29 is 14.6 Å². The molecule has 2 aromatic carbocycles. The van der Waals surface area contributed by atoms with Gasteiger partial charge in [0.1, 0.15) is 11.5 Å². The van der Waals surface area contributed by atoms with E-state index in [1.807, 2.05) is 6.92 Å². The number of ether oxygens (including phenoxy) is 1. The summed E-state index contributed by atoms with van der Waals surface area (Å²) in [5, 5.41) is 12.5. The highest BCUT2D eigenvalue weighted by atomic mass is 16.5. The van der Waals surface area contributed by atoms with Crippen LogP contribution in [-0.2, 0) is 6.54 Å². The molecular weight excluding hydrogens is 268 g/mol. The van der Waals surface area contributed by atoms with Crippen LogP contribution in [0.1, 0.15) is 21.5 Å². The van der Waals surface area contributed by atoms with Gasteiger partial charge in [0.05, 0.1) is 12.7 Å². The monoisotopic (exact) mass is 286 g/mol. The molecule has 4 N–H and O–H groups in total. The van der Waals surface area contributed by atoms with E-state index in [0.717, 1.165) is 11.1 Å². The second-order valence-corrected chi connectivity index (χ2v) is 4.77. The van der Waals surface area contributed by atoms with Crippen molar-refractivity contribution in [2.24, 2.45) is 0 Å². The second kappa shape index (κ2) is 6.17. The van der Waals surface area contributed by atoms with E-state index in [2.05, 4.69) is 5.32 Å². The standard InChI is InChI=1S/C16H18N2O3/c1-10-3-5-14(19)13(7-10)16(20)18-9-11-8-12(17)4-6-15(11)21-2/h3-8,19H,9,17H2,1-2H3,(H,18,20). The van der Waals surface area contributed by atoms with Crippen LogP contribution in [0.5, 0.6) is 11.5 Å². The number of phenolic OH excluding ortho intramolecular Hbond substituents is 1. The highest BCUT2D eigenvalue weighted by molar-refractivity contribution is 5.97. The minimum Gasteiger partial charge on any atom is -0.507 e. The van der Waals surface area contributed by atoms with Crippen LogP contribution < -0.4 is 15.8 Å². The van der Waals surface area contributed by atoms with E-state index in [-0.39, 0.29) is 23.8 Å². The number of phenols is 1. The van der Waals surface area contributed by atoms with Crippen molar-refractivity contribution in [2.45, 2.75) is 13.5 Å². The Morgan fingerprint density at radius 2 is 2.05 bits per heavy atom. The van der Waals surface area contributed by atoms with Crippen LogP contribution in [0, 0.1) is 6.92 Å². The Hall–Kier alpha value is -2.69. The van der Waals surface area contributed by atoms with Crippen molar-refractivity contribution in [3.05, 3.63) is 53.1 Å². The van der Waals surface area contributed by atoms with Crippen LogP contribution in [0.4, 0.5) is 5.69 Å². The summed E-state index contributed by atoms with van der Waals surface area (Å²) in [4.78, 5) is 12.1. The van der Waals surface area contributed by atoms with E-state index in [1.54, 1.807) is 37.4 Å². The predicted octanol–water partition coefficient (Wildman–Crippen LogP) is 2.22. The Morgan fingerprint density at radius 3 is 2.76 bits per heavy atom. The lowest BCUT2D eigenvalue weighted by Crippen LogP contribution is -2.23. The zero-order valence-electron chi connectivity index (χ0n) is 12.0. The number of rotatable bonds is 4. The van der Waals surface area contributed by atoms with Crippen molar-refractivity contribution in [3.8, 4) is 11.5 Å². The van der Waals surface area contributed by atoms with Gasteiger partial charge in [-0.25, -0.2) is 0 Å². The number of aromatic hydroxyl groups is 1. The van der Waals surface area contributed by atoms with Gasteiger partial charge in [0.25, 0.3) is 5.91 Å². The molecule has 0 aliphatic rings. The van der Waals surface area contributed by atoms with E-state index in [0.29, 0.717) is 11.4 Å². The lowest BCUT2D eigenvalue weighted by Gasteiger charge is -2.11. The number of nitrogens with one attached hydrogen (secondary N) is 1. The van der Waals surface area contributed by atoms with Gasteiger partial charge in [-0.15, -0.1) is 0 Å². The van der Waals surface area contributed by atoms with Gasteiger partial charge in [-0.3, -0.25) is 4.79 Å². The summed E-state index contributed by atoms with van der Waals surface area (Å²) >= 11 is 0. The maximum Gasteiger partial charge on any atom is 0.255 e. The van der Waals surface area contributed by atoms with Crippen LogP contribution >= 0.6 is 0 Å². The number of nitrogen functional groups attached to an aromatic ring is 1. The van der Waals surface area contributed by atoms with Gasteiger partial charge in [0.15, 0.2) is 0 Å². The van der Waals surface area contributed by atoms with Crippen LogP contribution in [0.25, 0.3) is 0 Å². The zero-order valence-corrected chi connectivity index (χ0v) is 12.0. The van der Waals surface area contributed by atoms with Gasteiger partial charge < -0.3 is 20.9 Å². The van der Waals surface area contributed by atoms with E-state index in [4.69, 9.17) is 10.5 Å². The van der Waals surface area contributed by atoms with E-state index in [9.17, 15) is 9.90 Å². The number of amides is 1. The number of hydrogen-bond donors (Lipinski definition) is 3. The van der Waals surface area contributed by atoms with Gasteiger partial charge in [-0.2, -0.15) is 0 Å². The molecule has 0 aliphatic heterocycles. The summed E-state index contributed by atoms with van der Waals surface area (Å²) in [6.45, 7) is 2.12. The number of carbonyl (C=O) groups excluding carboxylic acids is 1. The molecule has 0 spiro atoms. The molecule has 0 fully saturated rings. The quantitative estimate of drug-likeness (QED) is 0.752. The van der Waals surface area contributed by atoms with Crippen LogP contribution in [0.2, 0.25) is 0 Å². The first-order chi connectivity index (χ1) is 10.0. The summed E-state index contributed by atoms with van der Waals surface area (Å²) in [6.07, 6.45) is 0. The number of methoxy groups -OCH3 is 1. The highest BCUT2D eigenvalue weighted by Crippen LogP contribution is 2.22. The summed E-state index contributed by atoms with van der Waals surface area (Å²) in [7, 11) is 1.56. The molecule has 0 atom stereocenters. The molecule has 0 aromatic heterocycles. The number of benzene rings is 2. The molecule has 0 heterocycles. The van der Waals surface area contributed by atoms with Gasteiger partial charge >= 0.3 is 0 Å². The number of carbonyl (C=O) groups is 1. The SMILES string of the molecule is COc1ccc(N)cc1CNC(=O)c1cc(C)ccc1O. The first-order valence-electron chi connectivity index (χ1n) is 6.51. The Kier molecular flexibility index (Phi) is 4.33. The third-order valence-corrected chi connectivity index (χ3v) is 3.14. The van der Waals surface area contributed by atoms with Gasteiger partial charge in [0, 0.05) is 17.8 Å². The lowest BCUT2D eigenvalue weighted by atomic mass is 10.1. The Labute approximate surface area is 123 Å². The van der Waals surface area contributed by atoms with Crippen molar-refractivity contribution >= 4 is 11.6 Å². The third-order valence-electron chi connectivity index (χ3n) is 3.14. The molecule has 5 heteroatoms. The van der Waals surface area contributed by atoms with Gasteiger partial charge in [-0.1, -0.05) is 11.6 Å². The summed E-state index contributed by atoms with van der Waals surface area (Å²) in [5.41, 5.74) is 8.26. The summed E-state index contributed by atoms with van der Waals surface area (Å²) in [6, 6.07) is 10.1. The first-order valence-corrected chi connectivity index (χ1v) is 6.51. The van der Waals surface area contributed by atoms with Crippen LogP contribution in [0.15, 0.2) is 36.4 Å². The van der Waals surface area contributed by atoms with E-state index < -0.39 is 0 Å². The first kappa shape index (κ1) is 14.7. The molecule has 0 aliphatic carbocycles.